The Morgan fingerprint density at radius 3 is 2.81 bits per heavy atom. The Morgan fingerprint density at radius 2 is 2.19 bits per heavy atom. The van der Waals surface area contributed by atoms with Crippen molar-refractivity contribution in [2.45, 2.75) is 45.8 Å². The van der Waals surface area contributed by atoms with E-state index >= 15 is 0 Å². The fourth-order valence-corrected chi connectivity index (χ4v) is 2.27. The Bertz CT molecular complexity index is 185. The lowest BCUT2D eigenvalue weighted by Crippen LogP contribution is -2.45. The normalized spacial score (nSPS) is 26.6. The molecule has 0 aliphatic carbocycles. The lowest BCUT2D eigenvalue weighted by atomic mass is 9.94. The van der Waals surface area contributed by atoms with Gasteiger partial charge >= 0.3 is 0 Å². The molecule has 2 atom stereocenters. The molecule has 2 unspecified atom stereocenters. The number of hydrogen-bond acceptors (Lipinski definition) is 3. The highest BCUT2D eigenvalue weighted by molar-refractivity contribution is 4.78. The van der Waals surface area contributed by atoms with Crippen molar-refractivity contribution < 1.29 is 4.74 Å². The molecule has 0 spiro atoms. The van der Waals surface area contributed by atoms with Gasteiger partial charge in [0.15, 0.2) is 0 Å². The molecule has 1 saturated heterocycles. The molecule has 0 radical (unpaired) electrons. The lowest BCUT2D eigenvalue weighted by molar-refractivity contribution is 0.0612. The maximum atomic E-state index is 5.56. The van der Waals surface area contributed by atoms with Gasteiger partial charge in [0.05, 0.1) is 12.7 Å². The zero-order valence-corrected chi connectivity index (χ0v) is 11.3. The van der Waals surface area contributed by atoms with Crippen LogP contribution in [0.1, 0.15) is 33.6 Å². The molecule has 0 bridgehead atoms. The van der Waals surface area contributed by atoms with E-state index in [4.69, 9.17) is 4.74 Å². The van der Waals surface area contributed by atoms with Crippen LogP contribution in [-0.2, 0) is 4.74 Å². The van der Waals surface area contributed by atoms with Gasteiger partial charge in [0.2, 0.25) is 0 Å². The van der Waals surface area contributed by atoms with E-state index in [0.717, 1.165) is 25.6 Å². The molecule has 0 aromatic carbocycles. The summed E-state index contributed by atoms with van der Waals surface area (Å²) in [5.74, 6) is 0.881. The Labute approximate surface area is 101 Å². The maximum absolute atomic E-state index is 5.56. The van der Waals surface area contributed by atoms with Crippen molar-refractivity contribution in [2.24, 2.45) is 5.92 Å². The van der Waals surface area contributed by atoms with E-state index in [9.17, 15) is 0 Å². The molecule has 16 heavy (non-hydrogen) atoms. The Balaban J connectivity index is 2.10. The van der Waals surface area contributed by atoms with Crippen LogP contribution < -0.4 is 5.32 Å². The number of rotatable bonds is 6. The average Bonchev–Trinajstić information content (AvgIpc) is 2.16. The van der Waals surface area contributed by atoms with E-state index in [-0.39, 0.29) is 0 Å². The summed E-state index contributed by atoms with van der Waals surface area (Å²) in [7, 11) is 2.19. The van der Waals surface area contributed by atoms with E-state index in [2.05, 4.69) is 38.0 Å². The zero-order chi connectivity index (χ0) is 12.0. The third-order valence-corrected chi connectivity index (χ3v) is 3.21. The van der Waals surface area contributed by atoms with E-state index in [1.54, 1.807) is 0 Å². The second-order valence-electron chi connectivity index (χ2n) is 5.46. The third-order valence-electron chi connectivity index (χ3n) is 3.21. The minimum Gasteiger partial charge on any atom is -0.377 e. The quantitative estimate of drug-likeness (QED) is 0.749. The second kappa shape index (κ2) is 7.25. The van der Waals surface area contributed by atoms with Crippen LogP contribution in [0.15, 0.2) is 0 Å². The smallest absolute Gasteiger partial charge is 0.0596 e. The van der Waals surface area contributed by atoms with Gasteiger partial charge in [-0.3, -0.25) is 0 Å². The topological polar surface area (TPSA) is 24.5 Å². The molecule has 0 aromatic rings. The van der Waals surface area contributed by atoms with Gasteiger partial charge in [-0.15, -0.1) is 0 Å². The molecule has 0 amide bonds. The second-order valence-corrected chi connectivity index (χ2v) is 5.46. The fourth-order valence-electron chi connectivity index (χ4n) is 2.27. The molecule has 3 nitrogen and oxygen atoms in total. The van der Waals surface area contributed by atoms with Crippen molar-refractivity contribution in [3.63, 3.8) is 0 Å². The first-order valence-electron chi connectivity index (χ1n) is 6.61. The van der Waals surface area contributed by atoms with Crippen molar-refractivity contribution in [1.82, 2.24) is 10.2 Å². The van der Waals surface area contributed by atoms with Crippen LogP contribution in [0.5, 0.6) is 0 Å². The standard InChI is InChI=1S/C13H28N2O/c1-11(2)16-8-7-15(4)10-13-9-12(3)5-6-14-13/h11-14H,5-10H2,1-4H3. The summed E-state index contributed by atoms with van der Waals surface area (Å²) in [6.45, 7) is 10.7. The summed E-state index contributed by atoms with van der Waals surface area (Å²) >= 11 is 0. The molecule has 3 heteroatoms. The Morgan fingerprint density at radius 1 is 1.44 bits per heavy atom. The maximum Gasteiger partial charge on any atom is 0.0596 e. The highest BCUT2D eigenvalue weighted by Crippen LogP contribution is 2.15. The van der Waals surface area contributed by atoms with Crippen molar-refractivity contribution in [3.05, 3.63) is 0 Å². The van der Waals surface area contributed by atoms with Gasteiger partial charge in [-0.05, 0) is 46.2 Å². The predicted molar refractivity (Wildman–Crippen MR) is 68.8 cm³/mol. The van der Waals surface area contributed by atoms with E-state index in [1.807, 2.05) is 0 Å². The van der Waals surface area contributed by atoms with Crippen molar-refractivity contribution >= 4 is 0 Å². The summed E-state index contributed by atoms with van der Waals surface area (Å²) in [5, 5.41) is 3.60. The average molecular weight is 228 g/mol. The van der Waals surface area contributed by atoms with E-state index in [0.29, 0.717) is 12.1 Å². The molecule has 1 N–H and O–H groups in total. The lowest BCUT2D eigenvalue weighted by Gasteiger charge is -2.31. The van der Waals surface area contributed by atoms with Gasteiger partial charge in [-0.25, -0.2) is 0 Å². The predicted octanol–water partition coefficient (Wildman–Crippen LogP) is 1.73. The van der Waals surface area contributed by atoms with Gasteiger partial charge in [0.1, 0.15) is 0 Å². The van der Waals surface area contributed by atoms with Crippen LogP contribution in [0.4, 0.5) is 0 Å². The van der Waals surface area contributed by atoms with Crippen LogP contribution >= 0.6 is 0 Å². The molecule has 0 aromatic heterocycles. The third kappa shape index (κ3) is 5.83. The largest absolute Gasteiger partial charge is 0.377 e. The molecule has 96 valence electrons. The molecule has 1 heterocycles. The van der Waals surface area contributed by atoms with Gasteiger partial charge in [-0.1, -0.05) is 6.92 Å². The van der Waals surface area contributed by atoms with Gasteiger partial charge in [0.25, 0.3) is 0 Å². The minimum atomic E-state index is 0.348. The van der Waals surface area contributed by atoms with Crippen molar-refractivity contribution in [3.8, 4) is 0 Å². The first kappa shape index (κ1) is 13.9. The first-order chi connectivity index (χ1) is 7.58. The van der Waals surface area contributed by atoms with Gasteiger partial charge in [0, 0.05) is 19.1 Å². The number of nitrogens with one attached hydrogen (secondary N) is 1. The number of ether oxygens (including phenoxy) is 1. The number of hydrogen-bond donors (Lipinski definition) is 1. The molecular formula is C13H28N2O. The fraction of sp³-hybridized carbons (Fsp3) is 1.00. The van der Waals surface area contributed by atoms with E-state index in [1.165, 1.54) is 19.4 Å². The van der Waals surface area contributed by atoms with Crippen LogP contribution in [0.2, 0.25) is 0 Å². The zero-order valence-electron chi connectivity index (χ0n) is 11.3. The van der Waals surface area contributed by atoms with Crippen molar-refractivity contribution in [2.75, 3.05) is 33.3 Å². The summed E-state index contributed by atoms with van der Waals surface area (Å²) in [5.41, 5.74) is 0. The Hall–Kier alpha value is -0.120. The molecule has 0 saturated carbocycles. The van der Waals surface area contributed by atoms with Crippen LogP contribution in [-0.4, -0.2) is 50.3 Å². The first-order valence-corrected chi connectivity index (χ1v) is 6.61. The van der Waals surface area contributed by atoms with Gasteiger partial charge in [-0.2, -0.15) is 0 Å². The van der Waals surface area contributed by atoms with Crippen LogP contribution in [0.25, 0.3) is 0 Å². The molecule has 1 aliphatic rings. The highest BCUT2D eigenvalue weighted by atomic mass is 16.5. The van der Waals surface area contributed by atoms with Crippen LogP contribution in [0, 0.1) is 5.92 Å². The number of nitrogens with zero attached hydrogens (tertiary/aromatic N) is 1. The summed E-state index contributed by atoms with van der Waals surface area (Å²) < 4.78 is 5.56. The Kier molecular flexibility index (Phi) is 6.32. The van der Waals surface area contributed by atoms with Crippen LogP contribution in [0.3, 0.4) is 0 Å². The molecule has 1 aliphatic heterocycles. The summed E-state index contributed by atoms with van der Waals surface area (Å²) in [4.78, 5) is 2.37. The van der Waals surface area contributed by atoms with Gasteiger partial charge < -0.3 is 15.0 Å². The summed E-state index contributed by atoms with van der Waals surface area (Å²) in [6, 6.07) is 0.674. The SMILES string of the molecule is CC1CCNC(CN(C)CCOC(C)C)C1. The number of piperidine rings is 1. The minimum absolute atomic E-state index is 0.348. The highest BCUT2D eigenvalue weighted by Gasteiger charge is 2.19. The van der Waals surface area contributed by atoms with E-state index < -0.39 is 0 Å². The molecule has 1 fully saturated rings. The monoisotopic (exact) mass is 228 g/mol. The summed E-state index contributed by atoms with van der Waals surface area (Å²) in [6.07, 6.45) is 2.99. The molecular weight excluding hydrogens is 200 g/mol. The van der Waals surface area contributed by atoms with Crippen molar-refractivity contribution in [1.29, 1.82) is 0 Å². The number of likely N-dealkylation sites (N-methyl/N-ethyl adjacent to an activating group) is 1. The molecule has 1 rings (SSSR count).